The number of nitrogens with one attached hydrogen (secondary N) is 2. The van der Waals surface area contributed by atoms with Gasteiger partial charge >= 0.3 is 0 Å². The number of amides is 2. The fraction of sp³-hybridized carbons (Fsp3) is 0.333. The number of carbonyl (C=O) groups excluding carboxylic acids is 2. The lowest BCUT2D eigenvalue weighted by molar-refractivity contribution is -0.116. The van der Waals surface area contributed by atoms with E-state index in [1.807, 2.05) is 0 Å². The van der Waals surface area contributed by atoms with Gasteiger partial charge in [-0.15, -0.1) is 0 Å². The summed E-state index contributed by atoms with van der Waals surface area (Å²) in [5, 5.41) is 6.15. The van der Waals surface area contributed by atoms with Gasteiger partial charge in [0.2, 0.25) is 5.91 Å². The number of methoxy groups -OCH3 is 2. The topological polar surface area (TPSA) is 112 Å². The molecule has 2 amide bonds. The number of aromatic nitrogens is 2. The number of ether oxygens (including phenoxy) is 2. The largest absolute Gasteiger partial charge is 0.493 e. The molecule has 4 rings (SSSR count). The molecule has 1 aliphatic rings. The number of aryl methyl sites for hydroxylation is 1. The van der Waals surface area contributed by atoms with Gasteiger partial charge in [-0.25, -0.2) is 4.98 Å². The van der Waals surface area contributed by atoms with Gasteiger partial charge in [-0.2, -0.15) is 0 Å². The van der Waals surface area contributed by atoms with Crippen molar-refractivity contribution >= 4 is 28.4 Å². The summed E-state index contributed by atoms with van der Waals surface area (Å²) in [6.07, 6.45) is 4.07. The molecule has 2 N–H and O–H groups in total. The fourth-order valence-corrected chi connectivity index (χ4v) is 3.55. The highest BCUT2D eigenvalue weighted by Gasteiger charge is 2.25. The second-order valence-corrected chi connectivity index (χ2v) is 7.91. The second-order valence-electron chi connectivity index (χ2n) is 7.91. The van der Waals surface area contributed by atoms with Crippen molar-refractivity contribution < 1.29 is 19.1 Å². The first kappa shape index (κ1) is 22.3. The van der Waals surface area contributed by atoms with Crippen molar-refractivity contribution in [3.8, 4) is 11.5 Å². The predicted molar refractivity (Wildman–Crippen MR) is 124 cm³/mol. The van der Waals surface area contributed by atoms with Gasteiger partial charge in [0.05, 0.1) is 42.7 Å². The number of hydrogen-bond acceptors (Lipinski definition) is 6. The van der Waals surface area contributed by atoms with Crippen molar-refractivity contribution in [1.29, 1.82) is 0 Å². The maximum atomic E-state index is 12.9. The van der Waals surface area contributed by atoms with Gasteiger partial charge in [0.25, 0.3) is 11.5 Å². The number of rotatable bonds is 9. The van der Waals surface area contributed by atoms with Crippen LogP contribution in [0.15, 0.2) is 47.5 Å². The van der Waals surface area contributed by atoms with Gasteiger partial charge < -0.3 is 20.1 Å². The average Bonchev–Trinajstić information content (AvgIpc) is 3.64. The Morgan fingerprint density at radius 1 is 1.12 bits per heavy atom. The molecule has 0 unspecified atom stereocenters. The molecule has 0 bridgehead atoms. The van der Waals surface area contributed by atoms with Crippen LogP contribution >= 0.6 is 0 Å². The van der Waals surface area contributed by atoms with Crippen LogP contribution in [0.3, 0.4) is 0 Å². The van der Waals surface area contributed by atoms with Crippen molar-refractivity contribution in [3.05, 3.63) is 58.6 Å². The van der Waals surface area contributed by atoms with E-state index in [1.165, 1.54) is 25.1 Å². The first-order valence-electron chi connectivity index (χ1n) is 10.8. The van der Waals surface area contributed by atoms with E-state index >= 15 is 0 Å². The molecule has 3 aromatic rings. The van der Waals surface area contributed by atoms with Crippen LogP contribution in [0.4, 0.5) is 5.69 Å². The number of fused-ring (bicyclic) bond motifs is 1. The summed E-state index contributed by atoms with van der Waals surface area (Å²) in [6, 6.07) is 10.4. The van der Waals surface area contributed by atoms with Gasteiger partial charge in [0.15, 0.2) is 11.5 Å². The molecular formula is C24H26N4O5. The highest BCUT2D eigenvalue weighted by Crippen LogP contribution is 2.29. The third-order valence-corrected chi connectivity index (χ3v) is 5.49. The van der Waals surface area contributed by atoms with Crippen LogP contribution < -0.4 is 25.7 Å². The maximum Gasteiger partial charge on any atom is 0.261 e. The Morgan fingerprint density at radius 2 is 1.85 bits per heavy atom. The summed E-state index contributed by atoms with van der Waals surface area (Å²) < 4.78 is 12.0. The number of hydrogen-bond donors (Lipinski definition) is 2. The highest BCUT2D eigenvalue weighted by atomic mass is 16.5. The molecule has 1 saturated carbocycles. The monoisotopic (exact) mass is 450 g/mol. The lowest BCUT2D eigenvalue weighted by atomic mass is 10.1. The first-order chi connectivity index (χ1) is 16.0. The fourth-order valence-electron chi connectivity index (χ4n) is 3.55. The number of benzene rings is 2. The molecule has 1 fully saturated rings. The zero-order valence-corrected chi connectivity index (χ0v) is 18.6. The number of anilines is 1. The zero-order chi connectivity index (χ0) is 23.4. The van der Waals surface area contributed by atoms with E-state index in [0.717, 1.165) is 12.8 Å². The van der Waals surface area contributed by atoms with E-state index in [0.29, 0.717) is 46.6 Å². The molecule has 9 nitrogen and oxygen atoms in total. The van der Waals surface area contributed by atoms with Crippen LogP contribution in [0.5, 0.6) is 11.5 Å². The Labute approximate surface area is 190 Å². The van der Waals surface area contributed by atoms with Crippen LogP contribution in [0.2, 0.25) is 0 Å². The first-order valence-corrected chi connectivity index (χ1v) is 10.8. The minimum Gasteiger partial charge on any atom is -0.493 e. The van der Waals surface area contributed by atoms with Gasteiger partial charge in [0, 0.05) is 25.1 Å². The molecule has 1 aliphatic carbocycles. The molecule has 2 aromatic carbocycles. The molecular weight excluding hydrogens is 424 g/mol. The smallest absolute Gasteiger partial charge is 0.261 e. The number of para-hydroxylation sites is 1. The van der Waals surface area contributed by atoms with Crippen molar-refractivity contribution in [2.45, 2.75) is 38.3 Å². The Balaban J connectivity index is 1.39. The normalized spacial score (nSPS) is 12.9. The average molecular weight is 450 g/mol. The van der Waals surface area contributed by atoms with E-state index in [4.69, 9.17) is 9.47 Å². The lowest BCUT2D eigenvalue weighted by Crippen LogP contribution is -2.27. The second kappa shape index (κ2) is 9.72. The minimum atomic E-state index is -0.227. The number of nitrogens with zero attached hydrogens (tertiary/aromatic N) is 2. The van der Waals surface area contributed by atoms with Gasteiger partial charge in [-0.05, 0) is 37.5 Å². The van der Waals surface area contributed by atoms with E-state index < -0.39 is 0 Å². The predicted octanol–water partition coefficient (Wildman–Crippen LogP) is 2.72. The molecule has 0 spiro atoms. The summed E-state index contributed by atoms with van der Waals surface area (Å²) >= 11 is 0. The van der Waals surface area contributed by atoms with Crippen LogP contribution in [0.1, 0.15) is 36.0 Å². The van der Waals surface area contributed by atoms with Crippen molar-refractivity contribution in [2.75, 3.05) is 19.5 Å². The Morgan fingerprint density at radius 3 is 2.58 bits per heavy atom. The van der Waals surface area contributed by atoms with Crippen LogP contribution in [0, 0.1) is 0 Å². The molecule has 0 radical (unpaired) electrons. The molecule has 0 atom stereocenters. The number of carbonyl (C=O) groups is 2. The molecule has 1 aromatic heterocycles. The summed E-state index contributed by atoms with van der Waals surface area (Å²) in [6.45, 7) is 0.327. The quantitative estimate of drug-likeness (QED) is 0.519. The standard InChI is InChI=1S/C24H26N4O5/c1-32-20-12-17-19(13-21(20)33-2)25-14-28(24(17)31)11-5-8-22(29)27-18-7-4-3-6-16(18)23(30)26-15-9-10-15/h3-4,6-7,12-15H,5,8-11H2,1-2H3,(H,26,30)(H,27,29). The molecule has 33 heavy (non-hydrogen) atoms. The van der Waals surface area contributed by atoms with Gasteiger partial charge in [-0.1, -0.05) is 12.1 Å². The SMILES string of the molecule is COc1cc2ncn(CCCC(=O)Nc3ccccc3C(=O)NC3CC3)c(=O)c2cc1OC. The van der Waals surface area contributed by atoms with E-state index in [-0.39, 0.29) is 29.8 Å². The lowest BCUT2D eigenvalue weighted by Gasteiger charge is -2.12. The molecule has 1 heterocycles. The molecule has 0 aliphatic heterocycles. The highest BCUT2D eigenvalue weighted by molar-refractivity contribution is 6.03. The summed E-state index contributed by atoms with van der Waals surface area (Å²) in [5.74, 6) is 0.534. The van der Waals surface area contributed by atoms with Crippen LogP contribution in [0.25, 0.3) is 10.9 Å². The van der Waals surface area contributed by atoms with Crippen molar-refractivity contribution in [2.24, 2.45) is 0 Å². The summed E-state index contributed by atoms with van der Waals surface area (Å²) in [4.78, 5) is 42.1. The maximum absolute atomic E-state index is 12.9. The van der Waals surface area contributed by atoms with Crippen LogP contribution in [-0.2, 0) is 11.3 Å². The Kier molecular flexibility index (Phi) is 6.58. The van der Waals surface area contributed by atoms with Crippen molar-refractivity contribution in [3.63, 3.8) is 0 Å². The third kappa shape index (κ3) is 5.14. The van der Waals surface area contributed by atoms with Gasteiger partial charge in [0.1, 0.15) is 0 Å². The van der Waals surface area contributed by atoms with Crippen LogP contribution in [-0.4, -0.2) is 41.6 Å². The minimum absolute atomic E-state index is 0.186. The van der Waals surface area contributed by atoms with E-state index in [1.54, 1.807) is 36.4 Å². The zero-order valence-electron chi connectivity index (χ0n) is 18.6. The summed E-state index contributed by atoms with van der Waals surface area (Å²) in [7, 11) is 3.03. The summed E-state index contributed by atoms with van der Waals surface area (Å²) in [5.41, 5.74) is 1.21. The van der Waals surface area contributed by atoms with Gasteiger partial charge in [-0.3, -0.25) is 19.0 Å². The van der Waals surface area contributed by atoms with E-state index in [9.17, 15) is 14.4 Å². The molecule has 0 saturated heterocycles. The Hall–Kier alpha value is -3.88. The van der Waals surface area contributed by atoms with Crippen molar-refractivity contribution in [1.82, 2.24) is 14.9 Å². The Bertz CT molecular complexity index is 1250. The third-order valence-electron chi connectivity index (χ3n) is 5.49. The molecule has 9 heteroatoms. The molecule has 172 valence electrons. The van der Waals surface area contributed by atoms with E-state index in [2.05, 4.69) is 15.6 Å².